The fourth-order valence-electron chi connectivity index (χ4n) is 1.27. The standard InChI is InChI=1S/C13H17NO2/c1-11(13(15)14-8-9-16-2)10-12-6-4-3-5-7-12/h3-7,10H,8-9H2,1-2H3,(H,14,15). The number of carbonyl (C=O) groups excluding carboxylic acids is 1. The van der Waals surface area contributed by atoms with Crippen molar-refractivity contribution < 1.29 is 9.53 Å². The molecule has 3 heteroatoms. The van der Waals surface area contributed by atoms with Gasteiger partial charge in [0.25, 0.3) is 0 Å². The minimum absolute atomic E-state index is 0.0547. The molecule has 0 aliphatic rings. The van der Waals surface area contributed by atoms with Crippen LogP contribution in [-0.4, -0.2) is 26.2 Å². The van der Waals surface area contributed by atoms with Crippen molar-refractivity contribution in [2.24, 2.45) is 0 Å². The zero-order valence-corrected chi connectivity index (χ0v) is 9.69. The second kappa shape index (κ2) is 6.80. The normalized spacial score (nSPS) is 11.2. The average Bonchev–Trinajstić information content (AvgIpc) is 2.30. The van der Waals surface area contributed by atoms with Gasteiger partial charge >= 0.3 is 0 Å². The Bertz CT molecular complexity index is 357. The quantitative estimate of drug-likeness (QED) is 0.606. The van der Waals surface area contributed by atoms with Crippen LogP contribution in [0.1, 0.15) is 12.5 Å². The predicted octanol–water partition coefficient (Wildman–Crippen LogP) is 1.85. The first-order valence-electron chi connectivity index (χ1n) is 5.24. The van der Waals surface area contributed by atoms with E-state index in [1.807, 2.05) is 36.4 Å². The zero-order valence-electron chi connectivity index (χ0n) is 9.69. The van der Waals surface area contributed by atoms with E-state index in [-0.39, 0.29) is 5.91 Å². The van der Waals surface area contributed by atoms with Crippen molar-refractivity contribution in [3.05, 3.63) is 41.5 Å². The maximum Gasteiger partial charge on any atom is 0.247 e. The molecular weight excluding hydrogens is 202 g/mol. The van der Waals surface area contributed by atoms with Gasteiger partial charge in [0.05, 0.1) is 6.61 Å². The lowest BCUT2D eigenvalue weighted by Crippen LogP contribution is -2.27. The van der Waals surface area contributed by atoms with Crippen molar-refractivity contribution in [3.63, 3.8) is 0 Å². The van der Waals surface area contributed by atoms with E-state index in [1.165, 1.54) is 0 Å². The number of rotatable bonds is 5. The average molecular weight is 219 g/mol. The number of hydrogen-bond donors (Lipinski definition) is 1. The van der Waals surface area contributed by atoms with Crippen molar-refractivity contribution in [2.75, 3.05) is 20.3 Å². The maximum absolute atomic E-state index is 11.6. The summed E-state index contributed by atoms with van der Waals surface area (Å²) in [5, 5.41) is 2.77. The first kappa shape index (κ1) is 12.5. The topological polar surface area (TPSA) is 38.3 Å². The predicted molar refractivity (Wildman–Crippen MR) is 65.0 cm³/mol. The molecule has 1 aromatic carbocycles. The molecule has 0 atom stereocenters. The highest BCUT2D eigenvalue weighted by Crippen LogP contribution is 2.05. The Morgan fingerprint density at radius 3 is 2.69 bits per heavy atom. The van der Waals surface area contributed by atoms with Gasteiger partial charge in [-0.3, -0.25) is 4.79 Å². The summed E-state index contributed by atoms with van der Waals surface area (Å²) in [5.41, 5.74) is 1.73. The van der Waals surface area contributed by atoms with Crippen LogP contribution in [0.3, 0.4) is 0 Å². The van der Waals surface area contributed by atoms with E-state index < -0.39 is 0 Å². The van der Waals surface area contributed by atoms with Gasteiger partial charge in [0.15, 0.2) is 0 Å². The van der Waals surface area contributed by atoms with Gasteiger partial charge in [-0.05, 0) is 18.6 Å². The fourth-order valence-corrected chi connectivity index (χ4v) is 1.27. The number of nitrogens with one attached hydrogen (secondary N) is 1. The van der Waals surface area contributed by atoms with Crippen molar-refractivity contribution >= 4 is 12.0 Å². The summed E-state index contributed by atoms with van der Waals surface area (Å²) < 4.78 is 4.86. The molecule has 1 rings (SSSR count). The van der Waals surface area contributed by atoms with Crippen LogP contribution in [0.25, 0.3) is 6.08 Å². The lowest BCUT2D eigenvalue weighted by Gasteiger charge is -2.04. The van der Waals surface area contributed by atoms with Crippen LogP contribution in [0.4, 0.5) is 0 Å². The summed E-state index contributed by atoms with van der Waals surface area (Å²) in [6.45, 7) is 2.87. The second-order valence-corrected chi connectivity index (χ2v) is 3.49. The molecule has 0 radical (unpaired) electrons. The Morgan fingerprint density at radius 1 is 1.38 bits per heavy atom. The summed E-state index contributed by atoms with van der Waals surface area (Å²) in [4.78, 5) is 11.6. The highest BCUT2D eigenvalue weighted by molar-refractivity contribution is 5.97. The van der Waals surface area contributed by atoms with E-state index in [9.17, 15) is 4.79 Å². The Morgan fingerprint density at radius 2 is 2.06 bits per heavy atom. The molecule has 1 aromatic rings. The number of benzene rings is 1. The molecule has 86 valence electrons. The second-order valence-electron chi connectivity index (χ2n) is 3.49. The van der Waals surface area contributed by atoms with Crippen molar-refractivity contribution in [1.82, 2.24) is 5.32 Å². The summed E-state index contributed by atoms with van der Waals surface area (Å²) in [6, 6.07) is 9.77. The van der Waals surface area contributed by atoms with Crippen LogP contribution >= 0.6 is 0 Å². The largest absolute Gasteiger partial charge is 0.383 e. The van der Waals surface area contributed by atoms with Crippen LogP contribution in [0.5, 0.6) is 0 Å². The molecule has 0 saturated carbocycles. The first-order valence-corrected chi connectivity index (χ1v) is 5.24. The van der Waals surface area contributed by atoms with Crippen molar-refractivity contribution in [3.8, 4) is 0 Å². The maximum atomic E-state index is 11.6. The van der Waals surface area contributed by atoms with E-state index in [4.69, 9.17) is 4.74 Å². The number of methoxy groups -OCH3 is 1. The van der Waals surface area contributed by atoms with E-state index in [0.29, 0.717) is 18.7 Å². The Balaban J connectivity index is 2.53. The summed E-state index contributed by atoms with van der Waals surface area (Å²) in [7, 11) is 1.61. The molecule has 0 aliphatic heterocycles. The molecule has 0 bridgehead atoms. The van der Waals surface area contributed by atoms with Gasteiger partial charge in [-0.2, -0.15) is 0 Å². The summed E-state index contributed by atoms with van der Waals surface area (Å²) in [5.74, 6) is -0.0547. The van der Waals surface area contributed by atoms with Gasteiger partial charge in [-0.1, -0.05) is 30.3 Å². The zero-order chi connectivity index (χ0) is 11.8. The van der Waals surface area contributed by atoms with E-state index in [2.05, 4.69) is 5.32 Å². The fraction of sp³-hybridized carbons (Fsp3) is 0.308. The molecule has 0 aromatic heterocycles. The van der Waals surface area contributed by atoms with Crippen LogP contribution in [-0.2, 0) is 9.53 Å². The number of carbonyl (C=O) groups is 1. The number of amides is 1. The van der Waals surface area contributed by atoms with Gasteiger partial charge in [-0.15, -0.1) is 0 Å². The monoisotopic (exact) mass is 219 g/mol. The molecule has 0 aliphatic carbocycles. The molecule has 1 amide bonds. The molecule has 1 N–H and O–H groups in total. The molecule has 3 nitrogen and oxygen atoms in total. The van der Waals surface area contributed by atoms with Crippen molar-refractivity contribution in [1.29, 1.82) is 0 Å². The molecule has 16 heavy (non-hydrogen) atoms. The molecule has 0 spiro atoms. The molecule has 0 saturated heterocycles. The molecular formula is C13H17NO2. The minimum atomic E-state index is -0.0547. The van der Waals surface area contributed by atoms with Gasteiger partial charge < -0.3 is 10.1 Å². The Kier molecular flexibility index (Phi) is 5.29. The third kappa shape index (κ3) is 4.28. The van der Waals surface area contributed by atoms with Gasteiger partial charge in [0.1, 0.15) is 0 Å². The van der Waals surface area contributed by atoms with Crippen LogP contribution < -0.4 is 5.32 Å². The lowest BCUT2D eigenvalue weighted by molar-refractivity contribution is -0.117. The van der Waals surface area contributed by atoms with Gasteiger partial charge in [-0.25, -0.2) is 0 Å². The van der Waals surface area contributed by atoms with E-state index >= 15 is 0 Å². The summed E-state index contributed by atoms with van der Waals surface area (Å²) in [6.07, 6.45) is 1.86. The number of ether oxygens (including phenoxy) is 1. The Hall–Kier alpha value is -1.61. The minimum Gasteiger partial charge on any atom is -0.383 e. The van der Waals surface area contributed by atoms with E-state index in [0.717, 1.165) is 5.56 Å². The van der Waals surface area contributed by atoms with Crippen LogP contribution in [0.15, 0.2) is 35.9 Å². The highest BCUT2D eigenvalue weighted by Gasteiger charge is 2.02. The van der Waals surface area contributed by atoms with Crippen molar-refractivity contribution in [2.45, 2.75) is 6.92 Å². The first-order chi connectivity index (χ1) is 7.74. The lowest BCUT2D eigenvalue weighted by atomic mass is 10.1. The highest BCUT2D eigenvalue weighted by atomic mass is 16.5. The number of hydrogen-bond acceptors (Lipinski definition) is 2. The van der Waals surface area contributed by atoms with Crippen LogP contribution in [0.2, 0.25) is 0 Å². The third-order valence-corrected chi connectivity index (χ3v) is 2.13. The smallest absolute Gasteiger partial charge is 0.247 e. The van der Waals surface area contributed by atoms with Crippen LogP contribution in [0, 0.1) is 0 Å². The SMILES string of the molecule is COCCNC(=O)C(C)=Cc1ccccc1. The molecule has 0 fully saturated rings. The van der Waals surface area contributed by atoms with E-state index in [1.54, 1.807) is 14.0 Å². The molecule has 0 heterocycles. The van der Waals surface area contributed by atoms with Gasteiger partial charge in [0, 0.05) is 19.2 Å². The summed E-state index contributed by atoms with van der Waals surface area (Å²) >= 11 is 0. The molecule has 0 unspecified atom stereocenters. The third-order valence-electron chi connectivity index (χ3n) is 2.13. The Labute approximate surface area is 96.1 Å². The van der Waals surface area contributed by atoms with Gasteiger partial charge in [0.2, 0.25) is 5.91 Å².